The van der Waals surface area contributed by atoms with E-state index in [1.165, 1.54) is 4.90 Å². The van der Waals surface area contributed by atoms with Gasteiger partial charge >= 0.3 is 0 Å². The van der Waals surface area contributed by atoms with Crippen LogP contribution in [0.15, 0.2) is 12.1 Å². The molecular formula is C13H15F3N2O. The third kappa shape index (κ3) is 2.73. The van der Waals surface area contributed by atoms with Gasteiger partial charge in [0.2, 0.25) is 5.91 Å². The van der Waals surface area contributed by atoms with Gasteiger partial charge in [0.1, 0.15) is 0 Å². The molecule has 0 spiro atoms. The molecule has 1 unspecified atom stereocenters. The molecule has 1 heterocycles. The zero-order chi connectivity index (χ0) is 14.0. The largest absolute Gasteiger partial charge is 0.311 e. The second-order valence-corrected chi connectivity index (χ2v) is 4.47. The van der Waals surface area contributed by atoms with Crippen molar-refractivity contribution in [3.63, 3.8) is 0 Å². The number of hydrogen-bond donors (Lipinski definition) is 1. The highest BCUT2D eigenvalue weighted by atomic mass is 19.2. The molecule has 0 saturated carbocycles. The molecule has 1 saturated heterocycles. The SMILES string of the molecule is CCNC1CCCN(c2cc(F)c(F)c(F)c2)C1=O. The number of amides is 1. The summed E-state index contributed by atoms with van der Waals surface area (Å²) < 4.78 is 39.3. The summed E-state index contributed by atoms with van der Waals surface area (Å²) in [6, 6.07) is 1.35. The molecule has 19 heavy (non-hydrogen) atoms. The molecular weight excluding hydrogens is 257 g/mol. The van der Waals surface area contributed by atoms with Crippen LogP contribution in [0.3, 0.4) is 0 Å². The van der Waals surface area contributed by atoms with Crippen LogP contribution in [-0.2, 0) is 4.79 Å². The Morgan fingerprint density at radius 1 is 1.32 bits per heavy atom. The molecule has 104 valence electrons. The van der Waals surface area contributed by atoms with Gasteiger partial charge in [-0.3, -0.25) is 4.79 Å². The van der Waals surface area contributed by atoms with E-state index in [1.807, 2.05) is 6.92 Å². The molecule has 0 radical (unpaired) electrons. The number of anilines is 1. The van der Waals surface area contributed by atoms with E-state index in [-0.39, 0.29) is 17.6 Å². The van der Waals surface area contributed by atoms with Crippen LogP contribution in [0.1, 0.15) is 19.8 Å². The Bertz CT molecular complexity index is 468. The number of piperidine rings is 1. The van der Waals surface area contributed by atoms with Crippen molar-refractivity contribution in [1.82, 2.24) is 5.32 Å². The van der Waals surface area contributed by atoms with Gasteiger partial charge in [0.15, 0.2) is 17.5 Å². The van der Waals surface area contributed by atoms with Crippen LogP contribution in [-0.4, -0.2) is 25.0 Å². The van der Waals surface area contributed by atoms with Crippen LogP contribution >= 0.6 is 0 Å². The molecule has 6 heteroatoms. The second kappa shape index (κ2) is 5.61. The van der Waals surface area contributed by atoms with E-state index in [4.69, 9.17) is 0 Å². The molecule has 1 fully saturated rings. The number of nitrogens with zero attached hydrogens (tertiary/aromatic N) is 1. The topological polar surface area (TPSA) is 32.3 Å². The van der Waals surface area contributed by atoms with Crippen molar-refractivity contribution in [3.05, 3.63) is 29.6 Å². The lowest BCUT2D eigenvalue weighted by Crippen LogP contribution is -2.50. The highest BCUT2D eigenvalue weighted by Gasteiger charge is 2.29. The Morgan fingerprint density at radius 3 is 2.53 bits per heavy atom. The average molecular weight is 272 g/mol. The number of hydrogen-bond acceptors (Lipinski definition) is 2. The number of carbonyl (C=O) groups is 1. The average Bonchev–Trinajstić information content (AvgIpc) is 2.38. The van der Waals surface area contributed by atoms with Gasteiger partial charge in [-0.05, 0) is 19.4 Å². The monoisotopic (exact) mass is 272 g/mol. The van der Waals surface area contributed by atoms with E-state index >= 15 is 0 Å². The van der Waals surface area contributed by atoms with E-state index in [0.717, 1.165) is 18.6 Å². The molecule has 3 nitrogen and oxygen atoms in total. The van der Waals surface area contributed by atoms with Crippen molar-refractivity contribution in [2.45, 2.75) is 25.8 Å². The quantitative estimate of drug-likeness (QED) is 0.856. The summed E-state index contributed by atoms with van der Waals surface area (Å²) in [5.74, 6) is -4.32. The van der Waals surface area contributed by atoms with Crippen molar-refractivity contribution < 1.29 is 18.0 Å². The molecule has 1 aromatic rings. The summed E-state index contributed by atoms with van der Waals surface area (Å²) >= 11 is 0. The maximum absolute atomic E-state index is 13.2. The maximum atomic E-state index is 13.2. The lowest BCUT2D eigenvalue weighted by molar-refractivity contribution is -0.121. The number of likely N-dealkylation sites (N-methyl/N-ethyl adjacent to an activating group) is 1. The van der Waals surface area contributed by atoms with Crippen LogP contribution in [0.25, 0.3) is 0 Å². The van der Waals surface area contributed by atoms with E-state index in [1.54, 1.807) is 0 Å². The predicted molar refractivity (Wildman–Crippen MR) is 65.4 cm³/mol. The zero-order valence-electron chi connectivity index (χ0n) is 10.5. The van der Waals surface area contributed by atoms with Crippen LogP contribution in [0.5, 0.6) is 0 Å². The zero-order valence-corrected chi connectivity index (χ0v) is 10.5. The third-order valence-corrected chi connectivity index (χ3v) is 3.17. The summed E-state index contributed by atoms with van der Waals surface area (Å²) in [6.45, 7) is 2.89. The Balaban J connectivity index is 2.28. The van der Waals surface area contributed by atoms with E-state index < -0.39 is 17.5 Å². The molecule has 1 aromatic carbocycles. The molecule has 2 rings (SSSR count). The summed E-state index contributed by atoms with van der Waals surface area (Å²) in [6.07, 6.45) is 1.42. The molecule has 1 aliphatic heterocycles. The number of halogens is 3. The van der Waals surface area contributed by atoms with Crippen molar-refractivity contribution in [1.29, 1.82) is 0 Å². The fraction of sp³-hybridized carbons (Fsp3) is 0.462. The minimum absolute atomic E-state index is 0.0593. The highest BCUT2D eigenvalue weighted by molar-refractivity contribution is 5.97. The minimum atomic E-state index is -1.52. The summed E-state index contributed by atoms with van der Waals surface area (Å²) in [5.41, 5.74) is 0.0593. The molecule has 1 atom stereocenters. The molecule has 0 aliphatic carbocycles. The smallest absolute Gasteiger partial charge is 0.244 e. The number of carbonyl (C=O) groups excluding carboxylic acids is 1. The van der Waals surface area contributed by atoms with Gasteiger partial charge < -0.3 is 10.2 Å². The van der Waals surface area contributed by atoms with Crippen LogP contribution in [0, 0.1) is 17.5 Å². The number of nitrogens with one attached hydrogen (secondary N) is 1. The van der Waals surface area contributed by atoms with Gasteiger partial charge in [0.05, 0.1) is 6.04 Å². The van der Waals surface area contributed by atoms with E-state index in [9.17, 15) is 18.0 Å². The fourth-order valence-corrected chi connectivity index (χ4v) is 2.27. The summed E-state index contributed by atoms with van der Waals surface area (Å²) in [5, 5.41) is 3.02. The Kier molecular flexibility index (Phi) is 4.09. The van der Waals surface area contributed by atoms with Gasteiger partial charge in [0.25, 0.3) is 0 Å². The lowest BCUT2D eigenvalue weighted by Gasteiger charge is -2.32. The van der Waals surface area contributed by atoms with Gasteiger partial charge in [0, 0.05) is 24.4 Å². The Labute approximate surface area is 109 Å². The van der Waals surface area contributed by atoms with Gasteiger partial charge in [-0.25, -0.2) is 13.2 Å². The van der Waals surface area contributed by atoms with Gasteiger partial charge in [-0.2, -0.15) is 0 Å². The van der Waals surface area contributed by atoms with Crippen molar-refractivity contribution in [3.8, 4) is 0 Å². The first-order chi connectivity index (χ1) is 9.04. The molecule has 1 N–H and O–H groups in total. The van der Waals surface area contributed by atoms with Gasteiger partial charge in [-0.1, -0.05) is 6.92 Å². The lowest BCUT2D eigenvalue weighted by atomic mass is 10.0. The van der Waals surface area contributed by atoms with E-state index in [0.29, 0.717) is 19.5 Å². The molecule has 1 aliphatic rings. The van der Waals surface area contributed by atoms with Crippen LogP contribution in [0.2, 0.25) is 0 Å². The normalized spacial score (nSPS) is 19.9. The Hall–Kier alpha value is -1.56. The molecule has 0 aromatic heterocycles. The minimum Gasteiger partial charge on any atom is -0.311 e. The fourth-order valence-electron chi connectivity index (χ4n) is 2.27. The van der Waals surface area contributed by atoms with Gasteiger partial charge in [-0.15, -0.1) is 0 Å². The summed E-state index contributed by atoms with van der Waals surface area (Å²) in [4.78, 5) is 13.4. The summed E-state index contributed by atoms with van der Waals surface area (Å²) in [7, 11) is 0. The third-order valence-electron chi connectivity index (χ3n) is 3.17. The first-order valence-electron chi connectivity index (χ1n) is 6.24. The first kappa shape index (κ1) is 13.9. The number of rotatable bonds is 3. The Morgan fingerprint density at radius 2 is 1.95 bits per heavy atom. The van der Waals surface area contributed by atoms with Crippen LogP contribution < -0.4 is 10.2 Å². The van der Waals surface area contributed by atoms with Crippen molar-refractivity contribution in [2.75, 3.05) is 18.0 Å². The first-order valence-corrected chi connectivity index (χ1v) is 6.24. The molecule has 0 bridgehead atoms. The number of benzene rings is 1. The van der Waals surface area contributed by atoms with Crippen LogP contribution in [0.4, 0.5) is 18.9 Å². The van der Waals surface area contributed by atoms with E-state index in [2.05, 4.69) is 5.32 Å². The van der Waals surface area contributed by atoms with Crippen molar-refractivity contribution in [2.24, 2.45) is 0 Å². The highest BCUT2D eigenvalue weighted by Crippen LogP contribution is 2.25. The standard InChI is InChI=1S/C13H15F3N2O/c1-2-17-11-4-3-5-18(13(11)19)8-6-9(14)12(16)10(15)7-8/h6-7,11,17H,2-5H2,1H3. The predicted octanol–water partition coefficient (Wildman–Crippen LogP) is 2.21. The molecule has 1 amide bonds. The maximum Gasteiger partial charge on any atom is 0.244 e. The van der Waals surface area contributed by atoms with Crippen molar-refractivity contribution >= 4 is 11.6 Å². The second-order valence-electron chi connectivity index (χ2n) is 4.47.